The molecule has 5 heteroatoms. The molecule has 1 heterocycles. The van der Waals surface area contributed by atoms with E-state index in [2.05, 4.69) is 24.0 Å². The zero-order valence-corrected chi connectivity index (χ0v) is 12.6. The summed E-state index contributed by atoms with van der Waals surface area (Å²) < 4.78 is 11.1. The molecule has 1 aromatic carbocycles. The maximum absolute atomic E-state index is 11.1. The standard InChI is InChI=1S/C16H20N2O3/c1-11(2)8-9-21-15-10-12(4-6-14(15)20-3)13-5-7-16(19)18-17-13/h4-7,10-11H,8-9H2,1-3H3,(H,18,19). The van der Waals surface area contributed by atoms with Crippen LogP contribution in [-0.2, 0) is 0 Å². The summed E-state index contributed by atoms with van der Waals surface area (Å²) in [5.41, 5.74) is 1.33. The molecular weight excluding hydrogens is 268 g/mol. The second-order valence-electron chi connectivity index (χ2n) is 5.20. The molecule has 0 atom stereocenters. The third kappa shape index (κ3) is 4.08. The molecule has 112 valence electrons. The van der Waals surface area contributed by atoms with Crippen molar-refractivity contribution in [3.63, 3.8) is 0 Å². The Balaban J connectivity index is 2.24. The zero-order valence-electron chi connectivity index (χ0n) is 12.6. The third-order valence-corrected chi connectivity index (χ3v) is 3.09. The van der Waals surface area contributed by atoms with Crippen LogP contribution in [0.25, 0.3) is 11.3 Å². The number of hydrogen-bond donors (Lipinski definition) is 1. The first-order valence-electron chi connectivity index (χ1n) is 6.97. The highest BCUT2D eigenvalue weighted by Crippen LogP contribution is 2.31. The molecule has 21 heavy (non-hydrogen) atoms. The van der Waals surface area contributed by atoms with Crippen molar-refractivity contribution in [1.82, 2.24) is 10.2 Å². The molecule has 0 bridgehead atoms. The number of nitrogens with zero attached hydrogens (tertiary/aromatic N) is 1. The number of ether oxygens (including phenoxy) is 2. The Morgan fingerprint density at radius 1 is 1.19 bits per heavy atom. The van der Waals surface area contributed by atoms with E-state index in [1.807, 2.05) is 18.2 Å². The second-order valence-corrected chi connectivity index (χ2v) is 5.20. The van der Waals surface area contributed by atoms with Crippen molar-refractivity contribution in [1.29, 1.82) is 0 Å². The third-order valence-electron chi connectivity index (χ3n) is 3.09. The van der Waals surface area contributed by atoms with Crippen molar-refractivity contribution < 1.29 is 9.47 Å². The van der Waals surface area contributed by atoms with Gasteiger partial charge in [-0.2, -0.15) is 5.10 Å². The summed E-state index contributed by atoms with van der Waals surface area (Å²) in [6.07, 6.45) is 0.976. The molecule has 0 fully saturated rings. The lowest BCUT2D eigenvalue weighted by molar-refractivity contribution is 0.273. The van der Waals surface area contributed by atoms with Gasteiger partial charge in [-0.05, 0) is 36.6 Å². The summed E-state index contributed by atoms with van der Waals surface area (Å²) in [5.74, 6) is 1.95. The molecule has 0 saturated carbocycles. The predicted octanol–water partition coefficient (Wildman–Crippen LogP) is 2.87. The van der Waals surface area contributed by atoms with Gasteiger partial charge in [0.15, 0.2) is 11.5 Å². The Kier molecular flexibility index (Phi) is 4.98. The highest BCUT2D eigenvalue weighted by Gasteiger charge is 2.08. The minimum absolute atomic E-state index is 0.222. The van der Waals surface area contributed by atoms with Gasteiger partial charge in [-0.15, -0.1) is 0 Å². The zero-order chi connectivity index (χ0) is 15.2. The summed E-state index contributed by atoms with van der Waals surface area (Å²) in [6.45, 7) is 4.94. The molecule has 2 rings (SSSR count). The van der Waals surface area contributed by atoms with Crippen LogP contribution in [0, 0.1) is 5.92 Å². The van der Waals surface area contributed by atoms with Gasteiger partial charge >= 0.3 is 0 Å². The Morgan fingerprint density at radius 3 is 2.62 bits per heavy atom. The average Bonchev–Trinajstić information content (AvgIpc) is 2.47. The van der Waals surface area contributed by atoms with Crippen LogP contribution in [0.15, 0.2) is 35.1 Å². The first kappa shape index (κ1) is 15.1. The van der Waals surface area contributed by atoms with E-state index in [9.17, 15) is 4.79 Å². The van der Waals surface area contributed by atoms with Crippen LogP contribution >= 0.6 is 0 Å². The molecule has 0 aliphatic heterocycles. The summed E-state index contributed by atoms with van der Waals surface area (Å²) in [7, 11) is 1.61. The van der Waals surface area contributed by atoms with E-state index in [0.717, 1.165) is 12.0 Å². The minimum Gasteiger partial charge on any atom is -0.493 e. The number of methoxy groups -OCH3 is 1. The quantitative estimate of drug-likeness (QED) is 0.887. The lowest BCUT2D eigenvalue weighted by atomic mass is 10.1. The van der Waals surface area contributed by atoms with E-state index < -0.39 is 0 Å². The number of hydrogen-bond acceptors (Lipinski definition) is 4. The van der Waals surface area contributed by atoms with Gasteiger partial charge in [0.2, 0.25) is 0 Å². The van der Waals surface area contributed by atoms with Crippen LogP contribution in [0.4, 0.5) is 0 Å². The van der Waals surface area contributed by atoms with Gasteiger partial charge < -0.3 is 9.47 Å². The van der Waals surface area contributed by atoms with Crippen LogP contribution in [-0.4, -0.2) is 23.9 Å². The molecule has 0 unspecified atom stereocenters. The van der Waals surface area contributed by atoms with Crippen molar-refractivity contribution in [2.24, 2.45) is 5.92 Å². The summed E-state index contributed by atoms with van der Waals surface area (Å²) in [5, 5.41) is 6.45. The largest absolute Gasteiger partial charge is 0.493 e. The van der Waals surface area contributed by atoms with Gasteiger partial charge in [0, 0.05) is 11.6 Å². The molecule has 0 amide bonds. The Bertz CT molecular complexity index is 630. The van der Waals surface area contributed by atoms with E-state index in [1.165, 1.54) is 6.07 Å². The van der Waals surface area contributed by atoms with Crippen LogP contribution in [0.5, 0.6) is 11.5 Å². The monoisotopic (exact) mass is 288 g/mol. The van der Waals surface area contributed by atoms with Crippen LogP contribution in [0.1, 0.15) is 20.3 Å². The Hall–Kier alpha value is -2.30. The molecule has 2 aromatic rings. The smallest absolute Gasteiger partial charge is 0.264 e. The Labute approximate surface area is 123 Å². The first-order valence-corrected chi connectivity index (χ1v) is 6.97. The molecule has 1 N–H and O–H groups in total. The van der Waals surface area contributed by atoms with Gasteiger partial charge in [-0.25, -0.2) is 5.10 Å². The van der Waals surface area contributed by atoms with Crippen molar-refractivity contribution in [3.05, 3.63) is 40.7 Å². The van der Waals surface area contributed by atoms with Gasteiger partial charge in [-0.1, -0.05) is 13.8 Å². The van der Waals surface area contributed by atoms with E-state index in [-0.39, 0.29) is 5.56 Å². The van der Waals surface area contributed by atoms with Crippen LogP contribution < -0.4 is 15.0 Å². The van der Waals surface area contributed by atoms with Crippen molar-refractivity contribution in [3.8, 4) is 22.8 Å². The fourth-order valence-electron chi connectivity index (χ4n) is 1.86. The maximum Gasteiger partial charge on any atom is 0.264 e. The number of benzene rings is 1. The summed E-state index contributed by atoms with van der Waals surface area (Å²) >= 11 is 0. The van der Waals surface area contributed by atoms with Crippen LogP contribution in [0.2, 0.25) is 0 Å². The van der Waals surface area contributed by atoms with Crippen molar-refractivity contribution in [2.45, 2.75) is 20.3 Å². The molecule has 0 aliphatic carbocycles. The summed E-state index contributed by atoms with van der Waals surface area (Å²) in [6, 6.07) is 8.73. The van der Waals surface area contributed by atoms with E-state index in [1.54, 1.807) is 13.2 Å². The summed E-state index contributed by atoms with van der Waals surface area (Å²) in [4.78, 5) is 11.1. The van der Waals surface area contributed by atoms with Crippen LogP contribution in [0.3, 0.4) is 0 Å². The van der Waals surface area contributed by atoms with Gasteiger partial charge in [0.1, 0.15) is 0 Å². The maximum atomic E-state index is 11.1. The number of H-pyrrole nitrogens is 1. The molecular formula is C16H20N2O3. The fourth-order valence-corrected chi connectivity index (χ4v) is 1.86. The number of rotatable bonds is 6. The first-order chi connectivity index (χ1) is 10.1. The van der Waals surface area contributed by atoms with Crippen molar-refractivity contribution >= 4 is 0 Å². The second kappa shape index (κ2) is 6.92. The number of aromatic amines is 1. The predicted molar refractivity (Wildman–Crippen MR) is 81.8 cm³/mol. The molecule has 0 radical (unpaired) electrons. The topological polar surface area (TPSA) is 64.2 Å². The Morgan fingerprint density at radius 2 is 2.00 bits per heavy atom. The molecule has 0 aliphatic rings. The lowest BCUT2D eigenvalue weighted by Crippen LogP contribution is -2.06. The highest BCUT2D eigenvalue weighted by atomic mass is 16.5. The van der Waals surface area contributed by atoms with Gasteiger partial charge in [0.25, 0.3) is 5.56 Å². The fraction of sp³-hybridized carbons (Fsp3) is 0.375. The number of nitrogens with one attached hydrogen (secondary N) is 1. The molecule has 1 aromatic heterocycles. The normalized spacial score (nSPS) is 10.7. The number of aromatic nitrogens is 2. The van der Waals surface area contributed by atoms with Gasteiger partial charge in [-0.3, -0.25) is 4.79 Å². The average molecular weight is 288 g/mol. The van der Waals surface area contributed by atoms with E-state index in [0.29, 0.717) is 29.7 Å². The molecule has 5 nitrogen and oxygen atoms in total. The van der Waals surface area contributed by atoms with E-state index in [4.69, 9.17) is 9.47 Å². The SMILES string of the molecule is COc1ccc(-c2ccc(=O)[nH]n2)cc1OCCC(C)C. The minimum atomic E-state index is -0.222. The highest BCUT2D eigenvalue weighted by molar-refractivity contribution is 5.63. The van der Waals surface area contributed by atoms with Crippen molar-refractivity contribution in [2.75, 3.05) is 13.7 Å². The molecule has 0 saturated heterocycles. The van der Waals surface area contributed by atoms with Gasteiger partial charge in [0.05, 0.1) is 19.4 Å². The van der Waals surface area contributed by atoms with E-state index >= 15 is 0 Å². The lowest BCUT2D eigenvalue weighted by Gasteiger charge is -2.13. The molecule has 0 spiro atoms.